The molecule has 1 N–H and O–H groups in total. The van der Waals surface area contributed by atoms with Gasteiger partial charge in [-0.25, -0.2) is 0 Å². The maximum atomic E-state index is 8.70. The Balaban J connectivity index is 1.94. The highest BCUT2D eigenvalue weighted by Gasteiger charge is 2.13. The molecule has 15 heavy (non-hydrogen) atoms. The zero-order valence-electron chi connectivity index (χ0n) is 9.78. The normalized spacial score (nSPS) is 20.4. The molecular weight excluding hydrogens is 192 g/mol. The summed E-state index contributed by atoms with van der Waals surface area (Å²) >= 11 is 0. The predicted octanol–water partition coefficient (Wildman–Crippen LogP) is 2.33. The molecule has 0 aromatic carbocycles. The first-order valence-corrected chi connectivity index (χ1v) is 6.17. The van der Waals surface area contributed by atoms with Crippen LogP contribution in [-0.2, 0) is 9.47 Å². The van der Waals surface area contributed by atoms with Gasteiger partial charge in [0, 0.05) is 6.61 Å². The van der Waals surface area contributed by atoms with Gasteiger partial charge in [-0.2, -0.15) is 0 Å². The third-order valence-corrected chi connectivity index (χ3v) is 2.89. The third kappa shape index (κ3) is 6.13. The van der Waals surface area contributed by atoms with Gasteiger partial charge in [0.1, 0.15) is 0 Å². The standard InChI is InChI=1S/C12H24O3/c1-11(6-3-8-13)5-2-7-12-14-9-4-10-15-12/h11-13H,2-10H2,1H3/t11-/m1/s1. The van der Waals surface area contributed by atoms with Crippen molar-refractivity contribution in [2.45, 2.75) is 51.7 Å². The van der Waals surface area contributed by atoms with E-state index in [-0.39, 0.29) is 6.29 Å². The Kier molecular flexibility index (Phi) is 6.98. The average molecular weight is 216 g/mol. The van der Waals surface area contributed by atoms with Crippen molar-refractivity contribution >= 4 is 0 Å². The van der Waals surface area contributed by atoms with Crippen molar-refractivity contribution in [1.82, 2.24) is 0 Å². The van der Waals surface area contributed by atoms with E-state index in [0.29, 0.717) is 12.5 Å². The average Bonchev–Trinajstić information content (AvgIpc) is 2.28. The lowest BCUT2D eigenvalue weighted by molar-refractivity contribution is -0.181. The number of hydrogen-bond acceptors (Lipinski definition) is 3. The van der Waals surface area contributed by atoms with Gasteiger partial charge < -0.3 is 14.6 Å². The lowest BCUT2D eigenvalue weighted by Gasteiger charge is -2.23. The second kappa shape index (κ2) is 8.08. The monoisotopic (exact) mass is 216 g/mol. The second-order valence-electron chi connectivity index (χ2n) is 4.43. The highest BCUT2D eigenvalue weighted by atomic mass is 16.7. The van der Waals surface area contributed by atoms with Crippen molar-refractivity contribution in [1.29, 1.82) is 0 Å². The fourth-order valence-electron chi connectivity index (χ4n) is 1.92. The van der Waals surface area contributed by atoms with Gasteiger partial charge >= 0.3 is 0 Å². The van der Waals surface area contributed by atoms with Crippen LogP contribution in [0.5, 0.6) is 0 Å². The second-order valence-corrected chi connectivity index (χ2v) is 4.43. The Morgan fingerprint density at radius 1 is 1.20 bits per heavy atom. The van der Waals surface area contributed by atoms with Crippen LogP contribution in [0.15, 0.2) is 0 Å². The molecule has 1 fully saturated rings. The van der Waals surface area contributed by atoms with Gasteiger partial charge in [-0.15, -0.1) is 0 Å². The summed E-state index contributed by atoms with van der Waals surface area (Å²) in [5, 5.41) is 8.70. The van der Waals surface area contributed by atoms with Crippen LogP contribution in [-0.4, -0.2) is 31.2 Å². The lowest BCUT2D eigenvalue weighted by atomic mass is 9.99. The fourth-order valence-corrected chi connectivity index (χ4v) is 1.92. The molecule has 90 valence electrons. The molecule has 0 bridgehead atoms. The summed E-state index contributed by atoms with van der Waals surface area (Å²) in [6.07, 6.45) is 6.53. The molecule has 0 radical (unpaired) electrons. The van der Waals surface area contributed by atoms with Gasteiger partial charge in [0.25, 0.3) is 0 Å². The van der Waals surface area contributed by atoms with Crippen molar-refractivity contribution in [2.75, 3.05) is 19.8 Å². The smallest absolute Gasteiger partial charge is 0.157 e. The van der Waals surface area contributed by atoms with E-state index in [1.165, 1.54) is 6.42 Å². The van der Waals surface area contributed by atoms with Gasteiger partial charge in [-0.05, 0) is 38.0 Å². The van der Waals surface area contributed by atoms with Gasteiger partial charge in [0.2, 0.25) is 0 Å². The zero-order chi connectivity index (χ0) is 10.9. The summed E-state index contributed by atoms with van der Waals surface area (Å²) in [5.74, 6) is 0.709. The van der Waals surface area contributed by atoms with Crippen molar-refractivity contribution in [3.63, 3.8) is 0 Å². The molecule has 0 aliphatic carbocycles. The van der Waals surface area contributed by atoms with Crippen LogP contribution >= 0.6 is 0 Å². The van der Waals surface area contributed by atoms with Crippen molar-refractivity contribution in [3.8, 4) is 0 Å². The predicted molar refractivity (Wildman–Crippen MR) is 59.6 cm³/mol. The van der Waals surface area contributed by atoms with Crippen LogP contribution in [0.2, 0.25) is 0 Å². The molecule has 3 heteroatoms. The number of aliphatic hydroxyl groups is 1. The Labute approximate surface area is 92.8 Å². The van der Waals surface area contributed by atoms with Crippen LogP contribution in [0, 0.1) is 5.92 Å². The molecule has 1 aliphatic heterocycles. The summed E-state index contributed by atoms with van der Waals surface area (Å²) in [5.41, 5.74) is 0. The van der Waals surface area contributed by atoms with E-state index < -0.39 is 0 Å². The van der Waals surface area contributed by atoms with Crippen molar-refractivity contribution in [2.24, 2.45) is 5.92 Å². The molecule has 1 saturated heterocycles. The number of aliphatic hydroxyl groups excluding tert-OH is 1. The summed E-state index contributed by atoms with van der Waals surface area (Å²) < 4.78 is 11.0. The number of rotatable bonds is 7. The Morgan fingerprint density at radius 2 is 1.87 bits per heavy atom. The quantitative estimate of drug-likeness (QED) is 0.710. The van der Waals surface area contributed by atoms with E-state index >= 15 is 0 Å². The first-order valence-electron chi connectivity index (χ1n) is 6.17. The largest absolute Gasteiger partial charge is 0.396 e. The molecule has 1 heterocycles. The van der Waals surface area contributed by atoms with Crippen LogP contribution in [0.3, 0.4) is 0 Å². The lowest BCUT2D eigenvalue weighted by Crippen LogP contribution is -2.24. The van der Waals surface area contributed by atoms with E-state index in [9.17, 15) is 0 Å². The van der Waals surface area contributed by atoms with E-state index in [2.05, 4.69) is 6.92 Å². The fraction of sp³-hybridized carbons (Fsp3) is 1.00. The molecule has 1 aliphatic rings. The number of hydrogen-bond donors (Lipinski definition) is 1. The van der Waals surface area contributed by atoms with Gasteiger partial charge in [-0.1, -0.05) is 13.3 Å². The minimum Gasteiger partial charge on any atom is -0.396 e. The third-order valence-electron chi connectivity index (χ3n) is 2.89. The Morgan fingerprint density at radius 3 is 2.53 bits per heavy atom. The first kappa shape index (κ1) is 12.9. The van der Waals surface area contributed by atoms with Crippen LogP contribution < -0.4 is 0 Å². The minimum atomic E-state index is 0.0452. The molecule has 1 atom stereocenters. The maximum Gasteiger partial charge on any atom is 0.157 e. The van der Waals surface area contributed by atoms with E-state index in [0.717, 1.165) is 45.3 Å². The van der Waals surface area contributed by atoms with Crippen molar-refractivity contribution < 1.29 is 14.6 Å². The van der Waals surface area contributed by atoms with Crippen LogP contribution in [0.4, 0.5) is 0 Å². The minimum absolute atomic E-state index is 0.0452. The SMILES string of the molecule is C[C@@H](CCCO)CCCC1OCCCO1. The maximum absolute atomic E-state index is 8.70. The van der Waals surface area contributed by atoms with Crippen LogP contribution in [0.25, 0.3) is 0 Å². The molecule has 0 spiro atoms. The van der Waals surface area contributed by atoms with Crippen molar-refractivity contribution in [3.05, 3.63) is 0 Å². The highest BCUT2D eigenvalue weighted by molar-refractivity contribution is 4.57. The summed E-state index contributed by atoms with van der Waals surface area (Å²) in [6.45, 7) is 4.27. The molecule has 0 aromatic heterocycles. The molecule has 3 nitrogen and oxygen atoms in total. The van der Waals surface area contributed by atoms with E-state index in [1.807, 2.05) is 0 Å². The van der Waals surface area contributed by atoms with Gasteiger partial charge in [0.05, 0.1) is 13.2 Å². The molecule has 0 unspecified atom stereocenters. The highest BCUT2D eigenvalue weighted by Crippen LogP contribution is 2.17. The summed E-state index contributed by atoms with van der Waals surface area (Å²) in [4.78, 5) is 0. The molecule has 0 amide bonds. The molecule has 1 rings (SSSR count). The Bertz CT molecular complexity index is 144. The topological polar surface area (TPSA) is 38.7 Å². The summed E-state index contributed by atoms with van der Waals surface area (Å²) in [6, 6.07) is 0. The zero-order valence-corrected chi connectivity index (χ0v) is 9.78. The molecular formula is C12H24O3. The van der Waals surface area contributed by atoms with Gasteiger partial charge in [0.15, 0.2) is 6.29 Å². The first-order chi connectivity index (χ1) is 7.33. The Hall–Kier alpha value is -0.120. The summed E-state index contributed by atoms with van der Waals surface area (Å²) in [7, 11) is 0. The van der Waals surface area contributed by atoms with Crippen LogP contribution in [0.1, 0.15) is 45.4 Å². The molecule has 0 aromatic rings. The molecule has 0 saturated carbocycles. The van der Waals surface area contributed by atoms with Gasteiger partial charge in [-0.3, -0.25) is 0 Å². The van der Waals surface area contributed by atoms with E-state index in [1.54, 1.807) is 0 Å². The van der Waals surface area contributed by atoms with E-state index in [4.69, 9.17) is 14.6 Å². The number of ether oxygens (including phenoxy) is 2.